The number of nitrogens with zero attached hydrogens (tertiary/aromatic N) is 4. The van der Waals surface area contributed by atoms with Crippen molar-refractivity contribution >= 4 is 33.9 Å². The van der Waals surface area contributed by atoms with Crippen LogP contribution in [0, 0.1) is 18.3 Å². The molecule has 47 heavy (non-hydrogen) atoms. The molecule has 0 unspecified atom stereocenters. The van der Waals surface area contributed by atoms with Gasteiger partial charge in [0.2, 0.25) is 0 Å². The Kier molecular flexibility index (Phi) is 9.54. The minimum absolute atomic E-state index is 0.483. The van der Waals surface area contributed by atoms with E-state index in [1.54, 1.807) is 6.20 Å². The molecule has 0 spiro atoms. The summed E-state index contributed by atoms with van der Waals surface area (Å²) >= 11 is 6.95. The van der Waals surface area contributed by atoms with Crippen molar-refractivity contribution in [3.05, 3.63) is 112 Å². The lowest BCUT2D eigenvalue weighted by Crippen LogP contribution is -2.28. The molecule has 5 aromatic rings. The molecule has 0 bridgehead atoms. The van der Waals surface area contributed by atoms with Crippen molar-refractivity contribution in [1.82, 2.24) is 14.8 Å². The molecule has 6 heteroatoms. The quantitative estimate of drug-likeness (QED) is 0.183. The summed E-state index contributed by atoms with van der Waals surface area (Å²) in [4.78, 5) is 9.77. The second kappa shape index (κ2) is 14.3. The van der Waals surface area contributed by atoms with E-state index in [1.807, 2.05) is 6.07 Å². The fourth-order valence-corrected chi connectivity index (χ4v) is 7.46. The number of hydrogen-bond donors (Lipinski definition) is 1. The highest BCUT2D eigenvalue weighted by Gasteiger charge is 2.16. The van der Waals surface area contributed by atoms with Crippen LogP contribution in [0.2, 0.25) is 5.02 Å². The Bertz CT molecular complexity index is 1870. The highest BCUT2D eigenvalue weighted by atomic mass is 35.5. The molecule has 0 saturated carbocycles. The second-order valence-electron chi connectivity index (χ2n) is 13.2. The number of piperidine rings is 2. The summed E-state index contributed by atoms with van der Waals surface area (Å²) in [7, 11) is 0. The van der Waals surface area contributed by atoms with E-state index in [1.165, 1.54) is 75.8 Å². The Morgan fingerprint density at radius 1 is 0.681 bits per heavy atom. The molecule has 3 heterocycles. The van der Waals surface area contributed by atoms with Crippen LogP contribution in [0.15, 0.2) is 85.1 Å². The number of benzene rings is 4. The summed E-state index contributed by atoms with van der Waals surface area (Å²) in [5.74, 6) is 0. The molecule has 2 aliphatic rings. The van der Waals surface area contributed by atoms with Crippen LogP contribution in [-0.2, 0) is 13.1 Å². The van der Waals surface area contributed by atoms with Crippen LogP contribution in [0.4, 0.5) is 11.4 Å². The molecule has 0 aliphatic carbocycles. The first-order valence-electron chi connectivity index (χ1n) is 17.1. The average molecular weight is 640 g/mol. The summed E-state index contributed by atoms with van der Waals surface area (Å²) in [6.45, 7) is 8.86. The molecule has 2 saturated heterocycles. The van der Waals surface area contributed by atoms with Gasteiger partial charge in [0.1, 0.15) is 6.07 Å². The van der Waals surface area contributed by atoms with E-state index in [-0.39, 0.29) is 0 Å². The Labute approximate surface area is 283 Å². The van der Waals surface area contributed by atoms with Crippen LogP contribution < -0.4 is 5.32 Å². The zero-order valence-corrected chi connectivity index (χ0v) is 28.0. The average Bonchev–Trinajstić information content (AvgIpc) is 3.11. The predicted octanol–water partition coefficient (Wildman–Crippen LogP) is 10.1. The number of nitrogens with one attached hydrogen (secondary N) is 1. The van der Waals surface area contributed by atoms with Crippen LogP contribution >= 0.6 is 11.6 Å². The number of halogens is 1. The summed E-state index contributed by atoms with van der Waals surface area (Å²) in [6.07, 6.45) is 9.56. The smallest absolute Gasteiger partial charge is 0.103 e. The van der Waals surface area contributed by atoms with Crippen molar-refractivity contribution in [1.29, 1.82) is 5.26 Å². The molecule has 1 aromatic heterocycles. The van der Waals surface area contributed by atoms with Crippen molar-refractivity contribution in [2.45, 2.75) is 58.5 Å². The highest BCUT2D eigenvalue weighted by Crippen LogP contribution is 2.38. The van der Waals surface area contributed by atoms with E-state index in [0.717, 1.165) is 63.2 Å². The third kappa shape index (κ3) is 7.21. The lowest BCUT2D eigenvalue weighted by atomic mass is 9.99. The topological polar surface area (TPSA) is 55.2 Å². The summed E-state index contributed by atoms with van der Waals surface area (Å²) in [5.41, 5.74) is 11.0. The van der Waals surface area contributed by atoms with E-state index in [0.29, 0.717) is 10.6 Å². The lowest BCUT2D eigenvalue weighted by Gasteiger charge is -2.26. The van der Waals surface area contributed by atoms with E-state index in [9.17, 15) is 5.26 Å². The first kappa shape index (κ1) is 31.4. The van der Waals surface area contributed by atoms with Gasteiger partial charge in [-0.05, 0) is 116 Å². The molecule has 238 valence electrons. The number of likely N-dealkylation sites (tertiary alicyclic amines) is 2. The Morgan fingerprint density at radius 2 is 1.23 bits per heavy atom. The number of anilines is 2. The summed E-state index contributed by atoms with van der Waals surface area (Å²) < 4.78 is 0. The Balaban J connectivity index is 1.11. The van der Waals surface area contributed by atoms with E-state index in [2.05, 4.69) is 106 Å². The third-order valence-corrected chi connectivity index (χ3v) is 10.1. The summed E-state index contributed by atoms with van der Waals surface area (Å²) in [6, 6.07) is 30.5. The van der Waals surface area contributed by atoms with Gasteiger partial charge in [0.25, 0.3) is 0 Å². The maximum absolute atomic E-state index is 10.0. The molecule has 0 amide bonds. The fourth-order valence-electron chi connectivity index (χ4n) is 7.14. The number of nitriles is 1. The minimum Gasteiger partial charge on any atom is -0.352 e. The van der Waals surface area contributed by atoms with Crippen molar-refractivity contribution in [3.8, 4) is 28.3 Å². The van der Waals surface area contributed by atoms with Crippen LogP contribution in [-0.4, -0.2) is 41.0 Å². The molecule has 1 N–H and O–H groups in total. The summed E-state index contributed by atoms with van der Waals surface area (Å²) in [5, 5.41) is 15.1. The Hall–Kier alpha value is -4.21. The normalized spacial score (nSPS) is 15.9. The zero-order valence-electron chi connectivity index (χ0n) is 27.2. The Morgan fingerprint density at radius 3 is 1.79 bits per heavy atom. The maximum Gasteiger partial charge on any atom is 0.103 e. The molecule has 5 nitrogen and oxygen atoms in total. The van der Waals surface area contributed by atoms with Crippen molar-refractivity contribution in [2.24, 2.45) is 0 Å². The number of hydrogen-bond acceptors (Lipinski definition) is 5. The SMILES string of the molecule is Cc1cc(-c2ccc(CN3CCCCC3)cc2)cc(Cl)c1Nc1c(C#N)cnc2cc(-c3ccc(CN4CCCCC4)cc3)ccc12. The number of pyridine rings is 1. The van der Waals surface area contributed by atoms with E-state index < -0.39 is 0 Å². The van der Waals surface area contributed by atoms with Gasteiger partial charge in [0, 0.05) is 24.7 Å². The third-order valence-electron chi connectivity index (χ3n) is 9.81. The van der Waals surface area contributed by atoms with Gasteiger partial charge in [-0.15, -0.1) is 0 Å². The number of rotatable bonds is 8. The number of aryl methyl sites for hydroxylation is 1. The lowest BCUT2D eigenvalue weighted by molar-refractivity contribution is 0.221. The van der Waals surface area contributed by atoms with Crippen molar-refractivity contribution < 1.29 is 0 Å². The van der Waals surface area contributed by atoms with Crippen LogP contribution in [0.3, 0.4) is 0 Å². The van der Waals surface area contributed by atoms with Gasteiger partial charge in [-0.3, -0.25) is 14.8 Å². The first-order valence-corrected chi connectivity index (χ1v) is 17.5. The number of fused-ring (bicyclic) bond motifs is 1. The first-order chi connectivity index (χ1) is 23.0. The van der Waals surface area contributed by atoms with Gasteiger partial charge in [-0.2, -0.15) is 5.26 Å². The molecule has 0 radical (unpaired) electrons. The van der Waals surface area contributed by atoms with Gasteiger partial charge >= 0.3 is 0 Å². The van der Waals surface area contributed by atoms with Crippen LogP contribution in [0.5, 0.6) is 0 Å². The largest absolute Gasteiger partial charge is 0.352 e. The van der Waals surface area contributed by atoms with E-state index in [4.69, 9.17) is 11.6 Å². The highest BCUT2D eigenvalue weighted by molar-refractivity contribution is 6.34. The fraction of sp³-hybridized carbons (Fsp3) is 0.317. The predicted molar refractivity (Wildman–Crippen MR) is 195 cm³/mol. The van der Waals surface area contributed by atoms with Crippen LogP contribution in [0.25, 0.3) is 33.2 Å². The van der Waals surface area contributed by atoms with Gasteiger partial charge < -0.3 is 5.32 Å². The van der Waals surface area contributed by atoms with Crippen LogP contribution in [0.1, 0.15) is 60.8 Å². The maximum atomic E-state index is 10.0. The molecule has 0 atom stereocenters. The van der Waals surface area contributed by atoms with Gasteiger partial charge in [-0.1, -0.05) is 85.1 Å². The van der Waals surface area contributed by atoms with E-state index >= 15 is 0 Å². The number of aromatic nitrogens is 1. The van der Waals surface area contributed by atoms with Gasteiger partial charge in [0.15, 0.2) is 0 Å². The van der Waals surface area contributed by atoms with Crippen molar-refractivity contribution in [3.63, 3.8) is 0 Å². The second-order valence-corrected chi connectivity index (χ2v) is 13.6. The molecular formula is C41H42ClN5. The molecule has 2 fully saturated rings. The van der Waals surface area contributed by atoms with Crippen molar-refractivity contribution in [2.75, 3.05) is 31.5 Å². The molecule has 4 aromatic carbocycles. The monoisotopic (exact) mass is 639 g/mol. The molecule has 7 rings (SSSR count). The zero-order chi connectivity index (χ0) is 32.2. The minimum atomic E-state index is 0.483. The molecule has 2 aliphatic heterocycles. The standard InChI is InChI=1S/C41H42ClN5/c1-29-22-35(33-14-10-31(11-15-33)28-47-20-6-3-7-21-47)23-38(42)40(29)45-41-36(25-43)26-44-39-24-34(16-17-37(39)41)32-12-8-30(9-13-32)27-46-18-4-2-5-19-46/h8-17,22-24,26H,2-7,18-21,27-28H2,1H3,(H,44,45). The molecular weight excluding hydrogens is 598 g/mol. The van der Waals surface area contributed by atoms with Gasteiger partial charge in [0.05, 0.1) is 27.5 Å². The van der Waals surface area contributed by atoms with Gasteiger partial charge in [-0.25, -0.2) is 0 Å².